The predicted octanol–water partition coefficient (Wildman–Crippen LogP) is 0.612. The average Bonchev–Trinajstić information content (AvgIpc) is 3.73. The maximum absolute atomic E-state index is 16.0. The van der Waals surface area contributed by atoms with Gasteiger partial charge in [0.1, 0.15) is 48.1 Å². The lowest BCUT2D eigenvalue weighted by Crippen LogP contribution is -2.34. The van der Waals surface area contributed by atoms with Gasteiger partial charge in [0.2, 0.25) is 0 Å². The van der Waals surface area contributed by atoms with Crippen molar-refractivity contribution >= 4 is 67.5 Å². The smallest absolute Gasteiger partial charge is 0.325 e. The van der Waals surface area contributed by atoms with Gasteiger partial charge in [-0.1, -0.05) is 0 Å². The second kappa shape index (κ2) is 10.9. The first-order valence-electron chi connectivity index (χ1n) is 12.7. The molecule has 3 fully saturated rings. The summed E-state index contributed by atoms with van der Waals surface area (Å²) in [6.45, 7) is -5.69. The number of aromatic nitrogens is 8. The van der Waals surface area contributed by atoms with Gasteiger partial charge in [0.05, 0.1) is 33.3 Å². The number of imidazole rings is 2. The Kier molecular flexibility index (Phi) is 7.43. The van der Waals surface area contributed by atoms with Crippen molar-refractivity contribution in [2.45, 2.75) is 49.2 Å². The second-order valence-electron chi connectivity index (χ2n) is 9.92. The highest BCUT2D eigenvalue weighted by Crippen LogP contribution is 2.54. The van der Waals surface area contributed by atoms with Crippen LogP contribution in [-0.4, -0.2) is 101 Å². The largest absolute Gasteiger partial charge is 0.444 e. The minimum absolute atomic E-state index is 0.0446. The van der Waals surface area contributed by atoms with Crippen molar-refractivity contribution in [2.75, 3.05) is 24.7 Å². The van der Waals surface area contributed by atoms with Crippen LogP contribution in [0.5, 0.6) is 0 Å². The summed E-state index contributed by atoms with van der Waals surface area (Å²) in [5.74, 6) is 0.0956. The fourth-order valence-electron chi connectivity index (χ4n) is 5.19. The Labute approximate surface area is 251 Å². The fraction of sp³-hybridized carbons (Fsp3) is 0.500. The van der Waals surface area contributed by atoms with Crippen LogP contribution in [0.15, 0.2) is 25.3 Å². The maximum Gasteiger partial charge on any atom is 0.325 e. The van der Waals surface area contributed by atoms with Crippen LogP contribution in [-0.2, 0) is 43.9 Å². The molecular formula is C20H21BF2N10O8P2S-. The first-order valence-corrected chi connectivity index (χ1v) is 16.9. The van der Waals surface area contributed by atoms with Crippen LogP contribution in [0.25, 0.3) is 22.3 Å². The van der Waals surface area contributed by atoms with E-state index in [1.807, 2.05) is 0 Å². The predicted molar refractivity (Wildman–Crippen MR) is 149 cm³/mol. The van der Waals surface area contributed by atoms with Crippen LogP contribution in [0, 0.1) is 0 Å². The quantitative estimate of drug-likeness (QED) is 0.196. The summed E-state index contributed by atoms with van der Waals surface area (Å²) in [5, 5.41) is 0. The molecule has 3 aliphatic heterocycles. The van der Waals surface area contributed by atoms with Crippen molar-refractivity contribution in [2.24, 2.45) is 0 Å². The van der Waals surface area contributed by atoms with E-state index in [1.54, 1.807) is 0 Å². The molecule has 233 valence electrons. The van der Waals surface area contributed by atoms with Crippen molar-refractivity contribution in [3.8, 4) is 0 Å². The molecule has 3 aliphatic rings. The van der Waals surface area contributed by atoms with Gasteiger partial charge in [-0.25, -0.2) is 38.7 Å². The van der Waals surface area contributed by atoms with Gasteiger partial charge < -0.3 is 51.5 Å². The maximum atomic E-state index is 16.0. The number of rotatable bonds is 2. The third kappa shape index (κ3) is 5.18. The summed E-state index contributed by atoms with van der Waals surface area (Å²) in [7, 11) is 1.21. The van der Waals surface area contributed by atoms with E-state index >= 15 is 8.78 Å². The summed E-state index contributed by atoms with van der Waals surface area (Å²) in [6, 6.07) is 0. The van der Waals surface area contributed by atoms with Gasteiger partial charge in [-0.05, 0) is 11.8 Å². The van der Waals surface area contributed by atoms with Gasteiger partial charge >= 0.3 is 6.72 Å². The Balaban J connectivity index is 1.20. The number of nitrogens with two attached hydrogens (primary N) is 2. The monoisotopic (exact) mass is 672 g/mol. The third-order valence-corrected chi connectivity index (χ3v) is 9.80. The zero-order chi connectivity index (χ0) is 31.0. The Bertz CT molecular complexity index is 1840. The van der Waals surface area contributed by atoms with Gasteiger partial charge in [0.15, 0.2) is 47.7 Å². The van der Waals surface area contributed by atoms with E-state index in [2.05, 4.69) is 29.9 Å². The van der Waals surface area contributed by atoms with Crippen LogP contribution in [0.4, 0.5) is 20.4 Å². The third-order valence-electron chi connectivity index (χ3n) is 7.20. The molecule has 0 spiro atoms. The lowest BCUT2D eigenvalue weighted by atomic mass is 10.1. The lowest BCUT2D eigenvalue weighted by molar-refractivity contribution is -0.0586. The molecule has 10 atom stereocenters. The molecule has 4 aromatic heterocycles. The molecule has 5 N–H and O–H groups in total. The number of ether oxygens (including phenoxy) is 2. The Morgan fingerprint density at radius 2 is 1.41 bits per heavy atom. The first-order chi connectivity index (χ1) is 20.9. The first kappa shape index (κ1) is 29.9. The number of nitrogen functional groups attached to an aromatic ring is 2. The highest BCUT2D eigenvalue weighted by atomic mass is 32.5. The van der Waals surface area contributed by atoms with E-state index in [-0.39, 0.29) is 34.0 Å². The molecule has 4 aromatic rings. The molecule has 0 aliphatic carbocycles. The van der Waals surface area contributed by atoms with E-state index in [0.29, 0.717) is 0 Å². The Hall–Kier alpha value is -2.78. The van der Waals surface area contributed by atoms with Crippen LogP contribution >= 0.6 is 14.2 Å². The fourth-order valence-corrected chi connectivity index (χ4v) is 7.60. The summed E-state index contributed by atoms with van der Waals surface area (Å²) in [6.07, 6.45) is -8.25. The molecule has 44 heavy (non-hydrogen) atoms. The number of fused-ring (bicyclic) bond motifs is 5. The molecule has 0 amide bonds. The van der Waals surface area contributed by atoms with Crippen molar-refractivity contribution in [1.29, 1.82) is 0 Å². The van der Waals surface area contributed by atoms with Gasteiger partial charge in [0, 0.05) is 0 Å². The van der Waals surface area contributed by atoms with E-state index < -0.39 is 76.6 Å². The van der Waals surface area contributed by atoms with E-state index in [9.17, 15) is 9.46 Å². The summed E-state index contributed by atoms with van der Waals surface area (Å²) >= 11 is 5.18. The van der Waals surface area contributed by atoms with Crippen LogP contribution in [0.2, 0.25) is 0 Å². The van der Waals surface area contributed by atoms with Crippen molar-refractivity contribution in [1.82, 2.24) is 39.0 Å². The molecular weight excluding hydrogens is 651 g/mol. The number of anilines is 2. The summed E-state index contributed by atoms with van der Waals surface area (Å²) in [4.78, 5) is 35.1. The number of alkyl halides is 2. The van der Waals surface area contributed by atoms with E-state index in [0.717, 1.165) is 6.33 Å². The summed E-state index contributed by atoms with van der Waals surface area (Å²) < 4.78 is 80.9. The molecule has 7 heterocycles. The standard InChI is InChI=1S/C20H21BF2N10O8P2S/c21-42(34)36-1-7-9(22)14(20(38-7)33-6-31-12-16(25)27-4-29-18(12)33)41-43(35,44)37-2-8-13(40-42)10(23)19(39-8)32-5-30-11-15(24)26-3-28-17(11)32/h3-10,13-14,19-20H,1-2H2,(H,35,44)(H2,24,26,28)(H2,25,27,29)/q-1/t7-,8-,9-,10-,13-,14-,19-,20-,42?,43?/m1/s1. The molecule has 24 heteroatoms. The number of halogens is 2. The Morgan fingerprint density at radius 1 is 0.841 bits per heavy atom. The molecule has 18 nitrogen and oxygen atoms in total. The highest BCUT2D eigenvalue weighted by molar-refractivity contribution is 8.07. The zero-order valence-corrected chi connectivity index (χ0v) is 24.6. The van der Waals surface area contributed by atoms with Crippen molar-refractivity contribution in [3.63, 3.8) is 0 Å². The SMILES string of the molecule is [B-]P1(=O)OC[C@H]2O[C@@H](n3cnc4c(N)ncnc43)[C@H](OP(O)(=S)OC[C@H]3O[C@@H](n4cnc5c(N)ncnc54)[C@H](F)[C@@H]3O1)[C@@H]2F. The molecule has 3 radical (unpaired) electrons. The number of hydrogen-bond acceptors (Lipinski definition) is 16. The van der Waals surface area contributed by atoms with Gasteiger partial charge in [-0.2, -0.15) is 0 Å². The average molecular weight is 672 g/mol. The van der Waals surface area contributed by atoms with Crippen molar-refractivity contribution < 1.29 is 45.8 Å². The molecule has 2 bridgehead atoms. The van der Waals surface area contributed by atoms with E-state index in [1.165, 1.54) is 28.1 Å². The minimum atomic E-state index is -4.60. The van der Waals surface area contributed by atoms with Crippen LogP contribution in [0.3, 0.4) is 0 Å². The van der Waals surface area contributed by atoms with E-state index in [4.69, 9.17) is 58.4 Å². The zero-order valence-electron chi connectivity index (χ0n) is 22.0. The molecule has 2 unspecified atom stereocenters. The van der Waals surface area contributed by atoms with Crippen LogP contribution in [0.1, 0.15) is 12.5 Å². The number of nitrogens with zero attached hydrogens (tertiary/aromatic N) is 8. The lowest BCUT2D eigenvalue weighted by Gasteiger charge is -2.33. The topological polar surface area (TPSA) is 232 Å². The number of hydrogen-bond donors (Lipinski definition) is 3. The second-order valence-corrected chi connectivity index (χ2v) is 14.3. The minimum Gasteiger partial charge on any atom is -0.444 e. The molecule has 0 aromatic carbocycles. The molecule has 0 saturated carbocycles. The molecule has 3 saturated heterocycles. The van der Waals surface area contributed by atoms with Crippen LogP contribution < -0.4 is 11.5 Å². The van der Waals surface area contributed by atoms with Crippen molar-refractivity contribution in [3.05, 3.63) is 25.3 Å². The molecule has 7 rings (SSSR count). The summed E-state index contributed by atoms with van der Waals surface area (Å²) in [5.41, 5.74) is 12.4. The normalized spacial score (nSPS) is 38.3. The van der Waals surface area contributed by atoms with Gasteiger partial charge in [-0.3, -0.25) is 13.7 Å². The Morgan fingerprint density at radius 3 is 2.05 bits per heavy atom. The highest BCUT2D eigenvalue weighted by Gasteiger charge is 2.52. The van der Waals surface area contributed by atoms with Gasteiger partial charge in [0.25, 0.3) is 0 Å². The van der Waals surface area contributed by atoms with Gasteiger partial charge in [-0.15, -0.1) is 0 Å².